The summed E-state index contributed by atoms with van der Waals surface area (Å²) in [7, 11) is -3.53. The van der Waals surface area contributed by atoms with Crippen molar-refractivity contribution in [1.82, 2.24) is 9.21 Å². The highest BCUT2D eigenvalue weighted by molar-refractivity contribution is 7.89. The molecule has 0 aliphatic rings. The lowest BCUT2D eigenvalue weighted by Crippen LogP contribution is -2.34. The third kappa shape index (κ3) is 4.56. The van der Waals surface area contributed by atoms with Crippen LogP contribution in [-0.2, 0) is 10.0 Å². The molecule has 6 nitrogen and oxygen atoms in total. The van der Waals surface area contributed by atoms with E-state index in [1.165, 1.54) is 28.6 Å². The average molecular weight is 351 g/mol. The van der Waals surface area contributed by atoms with Gasteiger partial charge in [-0.2, -0.15) is 9.57 Å². The molecule has 0 radical (unpaired) electrons. The normalized spacial score (nSPS) is 12.7. The van der Waals surface area contributed by atoms with Crippen LogP contribution in [0.2, 0.25) is 0 Å². The molecule has 0 aliphatic heterocycles. The SMILES string of the molecule is CCN(CC(C)C#N)C(=O)c1ccc(S(=O)(=O)N(CC)CC)cc1. The Morgan fingerprint density at radius 1 is 1.12 bits per heavy atom. The summed E-state index contributed by atoms with van der Waals surface area (Å²) in [6, 6.07) is 8.09. The number of carbonyl (C=O) groups is 1. The Bertz CT molecular complexity index is 689. The third-order valence-electron chi connectivity index (χ3n) is 3.83. The summed E-state index contributed by atoms with van der Waals surface area (Å²) in [6.07, 6.45) is 0. The molecule has 1 rings (SSSR count). The molecular weight excluding hydrogens is 326 g/mol. The van der Waals surface area contributed by atoms with Gasteiger partial charge in [-0.15, -0.1) is 0 Å². The molecule has 0 N–H and O–H groups in total. The summed E-state index contributed by atoms with van der Waals surface area (Å²) < 4.78 is 26.3. The van der Waals surface area contributed by atoms with Crippen LogP contribution in [-0.4, -0.2) is 49.7 Å². The molecule has 0 saturated carbocycles. The van der Waals surface area contributed by atoms with Crippen LogP contribution >= 0.6 is 0 Å². The molecule has 1 aromatic carbocycles. The zero-order valence-corrected chi connectivity index (χ0v) is 15.5. The Morgan fingerprint density at radius 3 is 2.08 bits per heavy atom. The van der Waals surface area contributed by atoms with Crippen LogP contribution in [0.4, 0.5) is 0 Å². The van der Waals surface area contributed by atoms with E-state index in [1.807, 2.05) is 6.92 Å². The van der Waals surface area contributed by atoms with Gasteiger partial charge in [-0.25, -0.2) is 8.42 Å². The minimum Gasteiger partial charge on any atom is -0.338 e. The molecule has 0 aliphatic carbocycles. The first kappa shape index (κ1) is 20.1. The van der Waals surface area contributed by atoms with E-state index >= 15 is 0 Å². The van der Waals surface area contributed by atoms with E-state index < -0.39 is 10.0 Å². The number of sulfonamides is 1. The number of hydrogen-bond donors (Lipinski definition) is 0. The van der Waals surface area contributed by atoms with Crippen molar-refractivity contribution in [2.24, 2.45) is 5.92 Å². The quantitative estimate of drug-likeness (QED) is 0.720. The first-order chi connectivity index (χ1) is 11.3. The molecule has 0 aromatic heterocycles. The standard InChI is InChI=1S/C17H25N3O3S/c1-5-19(13-14(4)12-18)17(21)15-8-10-16(11-9-15)24(22,23)20(6-2)7-3/h8-11,14H,5-7,13H2,1-4H3. The Morgan fingerprint density at radius 2 is 1.67 bits per heavy atom. The highest BCUT2D eigenvalue weighted by atomic mass is 32.2. The fourth-order valence-electron chi connectivity index (χ4n) is 2.39. The molecule has 0 fully saturated rings. The number of carbonyl (C=O) groups excluding carboxylic acids is 1. The van der Waals surface area contributed by atoms with Crippen LogP contribution in [0.15, 0.2) is 29.2 Å². The van der Waals surface area contributed by atoms with Crippen molar-refractivity contribution in [1.29, 1.82) is 5.26 Å². The van der Waals surface area contributed by atoms with Crippen LogP contribution in [0.25, 0.3) is 0 Å². The van der Waals surface area contributed by atoms with Gasteiger partial charge in [0.05, 0.1) is 16.9 Å². The maximum absolute atomic E-state index is 12.5. The molecule has 24 heavy (non-hydrogen) atoms. The summed E-state index contributed by atoms with van der Waals surface area (Å²) in [5.74, 6) is -0.456. The van der Waals surface area contributed by atoms with Gasteiger partial charge < -0.3 is 4.90 Å². The van der Waals surface area contributed by atoms with Crippen molar-refractivity contribution >= 4 is 15.9 Å². The topological polar surface area (TPSA) is 81.5 Å². The molecule has 0 spiro atoms. The monoisotopic (exact) mass is 351 g/mol. The molecule has 7 heteroatoms. The summed E-state index contributed by atoms with van der Waals surface area (Å²) in [6.45, 7) is 8.82. The van der Waals surface area contributed by atoms with Gasteiger partial charge in [0, 0.05) is 31.7 Å². The lowest BCUT2D eigenvalue weighted by atomic mass is 10.1. The van der Waals surface area contributed by atoms with E-state index in [4.69, 9.17) is 5.26 Å². The molecule has 1 aromatic rings. The van der Waals surface area contributed by atoms with Gasteiger partial charge in [0.15, 0.2) is 0 Å². The number of amides is 1. The van der Waals surface area contributed by atoms with E-state index in [1.54, 1.807) is 25.7 Å². The first-order valence-corrected chi connectivity index (χ1v) is 9.54. The van der Waals surface area contributed by atoms with Gasteiger partial charge in [0.1, 0.15) is 0 Å². The molecule has 1 unspecified atom stereocenters. The maximum Gasteiger partial charge on any atom is 0.253 e. The molecule has 1 atom stereocenters. The average Bonchev–Trinajstić information content (AvgIpc) is 2.59. The van der Waals surface area contributed by atoms with Gasteiger partial charge in [0.2, 0.25) is 10.0 Å². The number of nitrogens with zero attached hydrogens (tertiary/aromatic N) is 3. The fourth-order valence-corrected chi connectivity index (χ4v) is 3.85. The minimum atomic E-state index is -3.53. The second kappa shape index (κ2) is 8.81. The number of hydrogen-bond acceptors (Lipinski definition) is 4. The Labute approximate surface area is 144 Å². The zero-order valence-electron chi connectivity index (χ0n) is 14.7. The van der Waals surface area contributed by atoms with Crippen LogP contribution in [0, 0.1) is 17.2 Å². The molecule has 1 amide bonds. The van der Waals surface area contributed by atoms with Crippen LogP contribution in [0.3, 0.4) is 0 Å². The van der Waals surface area contributed by atoms with Crippen molar-refractivity contribution in [3.63, 3.8) is 0 Å². The van der Waals surface area contributed by atoms with Crippen LogP contribution < -0.4 is 0 Å². The Balaban J connectivity index is 3.02. The second-order valence-electron chi connectivity index (χ2n) is 5.49. The lowest BCUT2D eigenvalue weighted by Gasteiger charge is -2.22. The van der Waals surface area contributed by atoms with Gasteiger partial charge in [-0.05, 0) is 38.1 Å². The second-order valence-corrected chi connectivity index (χ2v) is 7.43. The Kier molecular flexibility index (Phi) is 7.39. The maximum atomic E-state index is 12.5. The van der Waals surface area contributed by atoms with Gasteiger partial charge in [-0.1, -0.05) is 13.8 Å². The van der Waals surface area contributed by atoms with Crippen molar-refractivity contribution in [2.75, 3.05) is 26.2 Å². The predicted molar refractivity (Wildman–Crippen MR) is 92.9 cm³/mol. The largest absolute Gasteiger partial charge is 0.338 e. The van der Waals surface area contributed by atoms with Crippen molar-refractivity contribution in [3.05, 3.63) is 29.8 Å². The van der Waals surface area contributed by atoms with E-state index in [2.05, 4.69) is 6.07 Å². The fraction of sp³-hybridized carbons (Fsp3) is 0.529. The third-order valence-corrected chi connectivity index (χ3v) is 5.89. The zero-order chi connectivity index (χ0) is 18.3. The lowest BCUT2D eigenvalue weighted by molar-refractivity contribution is 0.0752. The van der Waals surface area contributed by atoms with Crippen LogP contribution in [0.5, 0.6) is 0 Å². The predicted octanol–water partition coefficient (Wildman–Crippen LogP) is 2.34. The van der Waals surface area contributed by atoms with E-state index in [-0.39, 0.29) is 16.7 Å². The molecule has 0 bridgehead atoms. The van der Waals surface area contributed by atoms with Crippen LogP contribution in [0.1, 0.15) is 38.1 Å². The summed E-state index contributed by atoms with van der Waals surface area (Å²) >= 11 is 0. The number of nitriles is 1. The van der Waals surface area contributed by atoms with Gasteiger partial charge >= 0.3 is 0 Å². The highest BCUT2D eigenvalue weighted by Crippen LogP contribution is 2.17. The smallest absolute Gasteiger partial charge is 0.253 e. The van der Waals surface area contributed by atoms with E-state index in [0.717, 1.165) is 0 Å². The summed E-state index contributed by atoms with van der Waals surface area (Å²) in [5.41, 5.74) is 0.417. The van der Waals surface area contributed by atoms with E-state index in [0.29, 0.717) is 31.7 Å². The first-order valence-electron chi connectivity index (χ1n) is 8.10. The Hall–Kier alpha value is -1.91. The summed E-state index contributed by atoms with van der Waals surface area (Å²) in [4.78, 5) is 14.3. The van der Waals surface area contributed by atoms with Gasteiger partial charge in [0.25, 0.3) is 5.91 Å². The van der Waals surface area contributed by atoms with Crippen molar-refractivity contribution in [3.8, 4) is 6.07 Å². The van der Waals surface area contributed by atoms with Crippen molar-refractivity contribution in [2.45, 2.75) is 32.6 Å². The minimum absolute atomic E-state index is 0.177. The van der Waals surface area contributed by atoms with Crippen molar-refractivity contribution < 1.29 is 13.2 Å². The highest BCUT2D eigenvalue weighted by Gasteiger charge is 2.22. The summed E-state index contributed by atoms with van der Waals surface area (Å²) in [5, 5.41) is 8.90. The number of rotatable bonds is 8. The number of benzene rings is 1. The molecular formula is C17H25N3O3S. The molecule has 132 valence electrons. The molecule has 0 saturated heterocycles. The molecule has 0 heterocycles. The van der Waals surface area contributed by atoms with Gasteiger partial charge in [-0.3, -0.25) is 4.79 Å². The van der Waals surface area contributed by atoms with E-state index in [9.17, 15) is 13.2 Å².